The molecule has 0 unspecified atom stereocenters. The molecule has 130 valence electrons. The summed E-state index contributed by atoms with van der Waals surface area (Å²) in [6.45, 7) is 6.25. The second kappa shape index (κ2) is 8.46. The van der Waals surface area contributed by atoms with Gasteiger partial charge in [0.1, 0.15) is 6.61 Å². The second-order valence-corrected chi connectivity index (χ2v) is 4.46. The molecule has 1 aromatic rings. The number of carbonyl (C=O) groups is 1. The molecule has 0 fully saturated rings. The number of ether oxygens (including phenoxy) is 1. The molecular formula is C14H18N4O6. The Hall–Kier alpha value is -3.17. The van der Waals surface area contributed by atoms with Crippen molar-refractivity contribution in [3.63, 3.8) is 0 Å². The van der Waals surface area contributed by atoms with Gasteiger partial charge < -0.3 is 15.4 Å². The summed E-state index contributed by atoms with van der Waals surface area (Å²) in [5.41, 5.74) is 0.158. The van der Waals surface area contributed by atoms with Crippen LogP contribution in [0, 0.1) is 20.2 Å². The molecular weight excluding hydrogens is 320 g/mol. The number of rotatable bonds is 5. The van der Waals surface area contributed by atoms with Crippen molar-refractivity contribution in [3.05, 3.63) is 55.4 Å². The summed E-state index contributed by atoms with van der Waals surface area (Å²) in [5, 5.41) is 27.5. The van der Waals surface area contributed by atoms with E-state index >= 15 is 0 Å². The van der Waals surface area contributed by atoms with E-state index in [4.69, 9.17) is 4.74 Å². The van der Waals surface area contributed by atoms with E-state index in [0.29, 0.717) is 12.4 Å². The third-order valence-electron chi connectivity index (χ3n) is 3.02. The number of hydrogen-bond acceptors (Lipinski definition) is 8. The second-order valence-electron chi connectivity index (χ2n) is 4.46. The lowest BCUT2D eigenvalue weighted by molar-refractivity contribution is -0.394. The Morgan fingerprint density at radius 3 is 2.08 bits per heavy atom. The van der Waals surface area contributed by atoms with Crippen LogP contribution in [0.4, 0.5) is 11.4 Å². The van der Waals surface area contributed by atoms with Gasteiger partial charge in [-0.1, -0.05) is 13.8 Å². The quantitative estimate of drug-likeness (QED) is 0.473. The molecule has 2 rings (SSSR count). The Morgan fingerprint density at radius 1 is 1.12 bits per heavy atom. The number of nitrogens with zero attached hydrogens (tertiary/aromatic N) is 2. The van der Waals surface area contributed by atoms with E-state index < -0.39 is 27.2 Å². The number of non-ortho nitro benzene ring substituents is 2. The summed E-state index contributed by atoms with van der Waals surface area (Å²) in [4.78, 5) is 31.8. The van der Waals surface area contributed by atoms with Crippen molar-refractivity contribution in [3.8, 4) is 0 Å². The average molecular weight is 338 g/mol. The van der Waals surface area contributed by atoms with Crippen LogP contribution in [-0.4, -0.2) is 29.1 Å². The van der Waals surface area contributed by atoms with Gasteiger partial charge in [-0.15, -0.1) is 0 Å². The largest absolute Gasteiger partial charge is 0.456 e. The van der Waals surface area contributed by atoms with Crippen molar-refractivity contribution in [2.45, 2.75) is 20.8 Å². The lowest BCUT2D eigenvalue weighted by Gasteiger charge is -2.06. The first-order valence-corrected chi connectivity index (χ1v) is 7.17. The minimum absolute atomic E-state index is 0.0614. The SMILES string of the molecule is CC.CC1=C(COC(=O)c2cc([N+](=O)[O-])cc([N+](=O)[O-])c2)NCN1. The van der Waals surface area contributed by atoms with Gasteiger partial charge in [-0.2, -0.15) is 0 Å². The molecule has 0 aromatic heterocycles. The van der Waals surface area contributed by atoms with Gasteiger partial charge in [0.15, 0.2) is 0 Å². The third-order valence-corrected chi connectivity index (χ3v) is 3.02. The number of hydrogen-bond donors (Lipinski definition) is 2. The van der Waals surface area contributed by atoms with Crippen LogP contribution in [-0.2, 0) is 4.74 Å². The highest BCUT2D eigenvalue weighted by molar-refractivity contribution is 5.91. The summed E-state index contributed by atoms with van der Waals surface area (Å²) in [5.74, 6) is -0.874. The zero-order valence-electron chi connectivity index (χ0n) is 13.5. The van der Waals surface area contributed by atoms with Crippen LogP contribution in [0.2, 0.25) is 0 Å². The molecule has 10 heteroatoms. The number of benzene rings is 1. The molecule has 1 aliphatic rings. The topological polar surface area (TPSA) is 137 Å². The van der Waals surface area contributed by atoms with E-state index in [2.05, 4.69) is 10.6 Å². The van der Waals surface area contributed by atoms with Crippen molar-refractivity contribution >= 4 is 17.3 Å². The highest BCUT2D eigenvalue weighted by Crippen LogP contribution is 2.23. The maximum atomic E-state index is 11.9. The molecule has 0 atom stereocenters. The highest BCUT2D eigenvalue weighted by Gasteiger charge is 2.21. The van der Waals surface area contributed by atoms with Gasteiger partial charge in [0, 0.05) is 17.8 Å². The molecule has 2 N–H and O–H groups in total. The van der Waals surface area contributed by atoms with Crippen molar-refractivity contribution in [2.24, 2.45) is 0 Å². The van der Waals surface area contributed by atoms with Crippen molar-refractivity contribution in [1.82, 2.24) is 10.6 Å². The number of nitro groups is 2. The number of nitrogens with one attached hydrogen (secondary N) is 2. The zero-order chi connectivity index (χ0) is 18.3. The Bertz CT molecular complexity index is 654. The lowest BCUT2D eigenvalue weighted by atomic mass is 10.2. The summed E-state index contributed by atoms with van der Waals surface area (Å²) in [6.07, 6.45) is 0. The fourth-order valence-corrected chi connectivity index (χ4v) is 1.83. The molecule has 0 saturated carbocycles. The molecule has 1 heterocycles. The Kier molecular flexibility index (Phi) is 6.65. The predicted octanol–water partition coefficient (Wildman–Crippen LogP) is 2.07. The first kappa shape index (κ1) is 18.9. The van der Waals surface area contributed by atoms with Gasteiger partial charge in [0.25, 0.3) is 11.4 Å². The van der Waals surface area contributed by atoms with E-state index in [0.717, 1.165) is 23.9 Å². The zero-order valence-corrected chi connectivity index (χ0v) is 13.5. The minimum Gasteiger partial charge on any atom is -0.456 e. The standard InChI is InChI=1S/C12H12N4O6.C2H6/c1-7-11(14-6-13-7)5-22-12(17)8-2-9(15(18)19)4-10(3-8)16(20)21;1-2/h2-4,13-14H,5-6H2,1H3;1-2H3. The van der Waals surface area contributed by atoms with Crippen LogP contribution in [0.3, 0.4) is 0 Å². The normalized spacial score (nSPS) is 12.5. The Balaban J connectivity index is 0.00000139. The molecule has 0 saturated heterocycles. The van der Waals surface area contributed by atoms with E-state index in [1.165, 1.54) is 0 Å². The lowest BCUT2D eigenvalue weighted by Crippen LogP contribution is -2.18. The monoisotopic (exact) mass is 338 g/mol. The molecule has 24 heavy (non-hydrogen) atoms. The van der Waals surface area contributed by atoms with Crippen LogP contribution < -0.4 is 10.6 Å². The summed E-state index contributed by atoms with van der Waals surface area (Å²) in [7, 11) is 0. The number of allylic oxidation sites excluding steroid dienone is 1. The van der Waals surface area contributed by atoms with Crippen LogP contribution >= 0.6 is 0 Å². The van der Waals surface area contributed by atoms with E-state index in [-0.39, 0.29) is 12.2 Å². The molecule has 1 aliphatic heterocycles. The predicted molar refractivity (Wildman–Crippen MR) is 85.2 cm³/mol. The van der Waals surface area contributed by atoms with Crippen LogP contribution in [0.25, 0.3) is 0 Å². The van der Waals surface area contributed by atoms with Gasteiger partial charge in [-0.3, -0.25) is 20.2 Å². The maximum Gasteiger partial charge on any atom is 0.339 e. The van der Waals surface area contributed by atoms with Gasteiger partial charge in [-0.05, 0) is 6.92 Å². The van der Waals surface area contributed by atoms with Crippen molar-refractivity contribution in [2.75, 3.05) is 13.3 Å². The van der Waals surface area contributed by atoms with Crippen LogP contribution in [0.15, 0.2) is 29.6 Å². The smallest absolute Gasteiger partial charge is 0.339 e. The van der Waals surface area contributed by atoms with Gasteiger partial charge in [0.2, 0.25) is 0 Å². The Morgan fingerprint density at radius 2 is 1.67 bits per heavy atom. The molecule has 0 bridgehead atoms. The first-order valence-electron chi connectivity index (χ1n) is 7.17. The van der Waals surface area contributed by atoms with Gasteiger partial charge >= 0.3 is 5.97 Å². The fourth-order valence-electron chi connectivity index (χ4n) is 1.83. The minimum atomic E-state index is -0.874. The maximum absolute atomic E-state index is 11.9. The van der Waals surface area contributed by atoms with Gasteiger partial charge in [-0.25, -0.2) is 4.79 Å². The fraction of sp³-hybridized carbons (Fsp3) is 0.357. The van der Waals surface area contributed by atoms with Crippen molar-refractivity contribution < 1.29 is 19.4 Å². The molecule has 0 radical (unpaired) electrons. The number of carbonyl (C=O) groups excluding carboxylic acids is 1. The number of esters is 1. The average Bonchev–Trinajstić information content (AvgIpc) is 2.99. The van der Waals surface area contributed by atoms with E-state index in [9.17, 15) is 25.0 Å². The van der Waals surface area contributed by atoms with Crippen LogP contribution in [0.5, 0.6) is 0 Å². The first-order chi connectivity index (χ1) is 11.4. The van der Waals surface area contributed by atoms with E-state index in [1.54, 1.807) is 6.92 Å². The molecule has 1 aromatic carbocycles. The third kappa shape index (κ3) is 4.66. The van der Waals surface area contributed by atoms with Gasteiger partial charge in [0.05, 0.1) is 33.8 Å². The Labute approximate surface area is 137 Å². The highest BCUT2D eigenvalue weighted by atomic mass is 16.6. The summed E-state index contributed by atoms with van der Waals surface area (Å²) >= 11 is 0. The molecule has 0 amide bonds. The summed E-state index contributed by atoms with van der Waals surface area (Å²) in [6, 6.07) is 2.67. The molecule has 0 aliphatic carbocycles. The van der Waals surface area contributed by atoms with Crippen LogP contribution in [0.1, 0.15) is 31.1 Å². The molecule has 0 spiro atoms. The molecule has 10 nitrogen and oxygen atoms in total. The summed E-state index contributed by atoms with van der Waals surface area (Å²) < 4.78 is 5.01. The van der Waals surface area contributed by atoms with Crippen molar-refractivity contribution in [1.29, 1.82) is 0 Å². The van der Waals surface area contributed by atoms with E-state index in [1.807, 2.05) is 13.8 Å². The number of nitro benzene ring substituents is 2.